The second-order valence-electron chi connectivity index (χ2n) is 5.73. The maximum atomic E-state index is 9.89. The third-order valence-electron chi connectivity index (χ3n) is 4.10. The standard InChI is InChI=1S/C13H26N2O2/c1-3-13(2,16)10-14-7-12-8-15-6-4-5-11(15)9-17-12/h11-12,14,16H,3-10H2,1-2H3. The Morgan fingerprint density at radius 1 is 1.53 bits per heavy atom. The predicted molar refractivity (Wildman–Crippen MR) is 68.1 cm³/mol. The molecule has 3 atom stereocenters. The zero-order chi connectivity index (χ0) is 12.3. The van der Waals surface area contributed by atoms with Crippen molar-refractivity contribution in [3.8, 4) is 0 Å². The number of hydrogen-bond donors (Lipinski definition) is 2. The summed E-state index contributed by atoms with van der Waals surface area (Å²) < 4.78 is 5.85. The first-order valence-electron chi connectivity index (χ1n) is 6.89. The van der Waals surface area contributed by atoms with Crippen LogP contribution in [0.5, 0.6) is 0 Å². The Morgan fingerprint density at radius 3 is 3.12 bits per heavy atom. The van der Waals surface area contributed by atoms with Gasteiger partial charge in [-0.3, -0.25) is 4.90 Å². The molecule has 17 heavy (non-hydrogen) atoms. The normalized spacial score (nSPS) is 33.4. The van der Waals surface area contributed by atoms with Gasteiger partial charge in [0.05, 0.1) is 18.3 Å². The lowest BCUT2D eigenvalue weighted by molar-refractivity contribution is -0.0492. The van der Waals surface area contributed by atoms with E-state index >= 15 is 0 Å². The van der Waals surface area contributed by atoms with Crippen LogP contribution in [0, 0.1) is 0 Å². The van der Waals surface area contributed by atoms with Gasteiger partial charge < -0.3 is 15.2 Å². The quantitative estimate of drug-likeness (QED) is 0.741. The number of nitrogens with zero attached hydrogens (tertiary/aromatic N) is 1. The van der Waals surface area contributed by atoms with Crippen LogP contribution in [-0.4, -0.2) is 60.5 Å². The molecule has 0 aromatic heterocycles. The van der Waals surface area contributed by atoms with E-state index in [0.717, 1.165) is 26.1 Å². The largest absolute Gasteiger partial charge is 0.389 e. The summed E-state index contributed by atoms with van der Waals surface area (Å²) in [5.41, 5.74) is -0.592. The lowest BCUT2D eigenvalue weighted by Crippen LogP contribution is -2.50. The molecule has 4 heteroatoms. The Labute approximate surface area is 104 Å². The van der Waals surface area contributed by atoms with Gasteiger partial charge in [-0.15, -0.1) is 0 Å². The third kappa shape index (κ3) is 3.65. The van der Waals surface area contributed by atoms with Gasteiger partial charge >= 0.3 is 0 Å². The van der Waals surface area contributed by atoms with Crippen LogP contribution < -0.4 is 5.32 Å². The Balaban J connectivity index is 1.67. The number of nitrogens with one attached hydrogen (secondary N) is 1. The Bertz CT molecular complexity index is 246. The number of hydrogen-bond acceptors (Lipinski definition) is 4. The van der Waals surface area contributed by atoms with Gasteiger partial charge in [0.15, 0.2) is 0 Å². The third-order valence-corrected chi connectivity index (χ3v) is 4.10. The fraction of sp³-hybridized carbons (Fsp3) is 1.00. The number of ether oxygens (including phenoxy) is 1. The highest BCUT2D eigenvalue weighted by molar-refractivity contribution is 4.86. The molecule has 100 valence electrons. The smallest absolute Gasteiger partial charge is 0.0827 e. The maximum absolute atomic E-state index is 9.89. The first-order valence-corrected chi connectivity index (χ1v) is 6.89. The van der Waals surface area contributed by atoms with E-state index in [1.165, 1.54) is 19.4 Å². The van der Waals surface area contributed by atoms with Crippen LogP contribution in [0.2, 0.25) is 0 Å². The van der Waals surface area contributed by atoms with E-state index in [1.807, 2.05) is 13.8 Å². The molecule has 3 unspecified atom stereocenters. The fourth-order valence-electron chi connectivity index (χ4n) is 2.64. The topological polar surface area (TPSA) is 44.7 Å². The van der Waals surface area contributed by atoms with Crippen LogP contribution in [0.4, 0.5) is 0 Å². The molecular weight excluding hydrogens is 216 g/mol. The molecule has 2 aliphatic rings. The average Bonchev–Trinajstić information content (AvgIpc) is 2.76. The van der Waals surface area contributed by atoms with Crippen molar-refractivity contribution in [1.82, 2.24) is 10.2 Å². The molecule has 0 aromatic rings. The van der Waals surface area contributed by atoms with E-state index in [1.54, 1.807) is 0 Å². The monoisotopic (exact) mass is 242 g/mol. The van der Waals surface area contributed by atoms with Crippen molar-refractivity contribution in [2.24, 2.45) is 0 Å². The van der Waals surface area contributed by atoms with E-state index in [4.69, 9.17) is 4.74 Å². The maximum Gasteiger partial charge on any atom is 0.0827 e. The lowest BCUT2D eigenvalue weighted by Gasteiger charge is -2.35. The lowest BCUT2D eigenvalue weighted by atomic mass is 10.0. The molecule has 2 rings (SSSR count). The molecule has 2 N–H and O–H groups in total. The molecule has 0 bridgehead atoms. The molecule has 2 saturated heterocycles. The number of morpholine rings is 1. The first kappa shape index (κ1) is 13.3. The molecule has 0 aliphatic carbocycles. The number of aliphatic hydroxyl groups is 1. The summed E-state index contributed by atoms with van der Waals surface area (Å²) in [7, 11) is 0. The average molecular weight is 242 g/mol. The molecule has 2 fully saturated rings. The van der Waals surface area contributed by atoms with Crippen molar-refractivity contribution in [1.29, 1.82) is 0 Å². The Hall–Kier alpha value is -0.160. The van der Waals surface area contributed by atoms with Crippen molar-refractivity contribution in [2.45, 2.75) is 50.9 Å². The van der Waals surface area contributed by atoms with Gasteiger partial charge in [-0.05, 0) is 32.7 Å². The summed E-state index contributed by atoms with van der Waals surface area (Å²) in [5.74, 6) is 0. The zero-order valence-electron chi connectivity index (χ0n) is 11.1. The number of rotatable bonds is 5. The molecule has 4 nitrogen and oxygen atoms in total. The highest BCUT2D eigenvalue weighted by Crippen LogP contribution is 2.22. The van der Waals surface area contributed by atoms with Gasteiger partial charge in [0, 0.05) is 25.7 Å². The van der Waals surface area contributed by atoms with Gasteiger partial charge in [-0.2, -0.15) is 0 Å². The van der Waals surface area contributed by atoms with E-state index < -0.39 is 5.60 Å². The second kappa shape index (κ2) is 5.65. The van der Waals surface area contributed by atoms with Crippen LogP contribution in [0.25, 0.3) is 0 Å². The van der Waals surface area contributed by atoms with Crippen LogP contribution in [0.15, 0.2) is 0 Å². The molecule has 0 radical (unpaired) electrons. The minimum Gasteiger partial charge on any atom is -0.389 e. The molecule has 2 aliphatic heterocycles. The number of fused-ring (bicyclic) bond motifs is 1. The van der Waals surface area contributed by atoms with Gasteiger partial charge in [0.25, 0.3) is 0 Å². The summed E-state index contributed by atoms with van der Waals surface area (Å²) in [6, 6.07) is 0.671. The summed E-state index contributed by atoms with van der Waals surface area (Å²) in [6.07, 6.45) is 3.68. The van der Waals surface area contributed by atoms with E-state index in [-0.39, 0.29) is 6.10 Å². The first-order chi connectivity index (χ1) is 8.11. The zero-order valence-corrected chi connectivity index (χ0v) is 11.1. The minimum atomic E-state index is -0.592. The van der Waals surface area contributed by atoms with Crippen molar-refractivity contribution >= 4 is 0 Å². The summed E-state index contributed by atoms with van der Waals surface area (Å²) in [5, 5.41) is 13.2. The Morgan fingerprint density at radius 2 is 2.35 bits per heavy atom. The fourth-order valence-corrected chi connectivity index (χ4v) is 2.64. The molecule has 0 aromatic carbocycles. The van der Waals surface area contributed by atoms with Gasteiger partial charge in [-0.25, -0.2) is 0 Å². The van der Waals surface area contributed by atoms with Crippen molar-refractivity contribution in [3.63, 3.8) is 0 Å². The second-order valence-corrected chi connectivity index (χ2v) is 5.73. The van der Waals surface area contributed by atoms with Crippen LogP contribution in [-0.2, 0) is 4.74 Å². The minimum absolute atomic E-state index is 0.289. The van der Waals surface area contributed by atoms with E-state index in [9.17, 15) is 5.11 Å². The summed E-state index contributed by atoms with van der Waals surface area (Å²) >= 11 is 0. The van der Waals surface area contributed by atoms with Gasteiger partial charge in [0.2, 0.25) is 0 Å². The predicted octanol–water partition coefficient (Wildman–Crippen LogP) is 0.600. The molecular formula is C13H26N2O2. The van der Waals surface area contributed by atoms with Crippen LogP contribution in [0.3, 0.4) is 0 Å². The van der Waals surface area contributed by atoms with Crippen molar-refractivity contribution < 1.29 is 9.84 Å². The molecule has 0 spiro atoms. The van der Waals surface area contributed by atoms with E-state index in [0.29, 0.717) is 12.6 Å². The summed E-state index contributed by atoms with van der Waals surface area (Å²) in [4.78, 5) is 2.55. The SMILES string of the molecule is CCC(C)(O)CNCC1CN2CCCC2CO1. The Kier molecular flexibility index (Phi) is 4.42. The van der Waals surface area contributed by atoms with Crippen molar-refractivity contribution in [2.75, 3.05) is 32.8 Å². The van der Waals surface area contributed by atoms with Crippen molar-refractivity contribution in [3.05, 3.63) is 0 Å². The van der Waals surface area contributed by atoms with Gasteiger partial charge in [-0.1, -0.05) is 6.92 Å². The molecule has 2 heterocycles. The highest BCUT2D eigenvalue weighted by Gasteiger charge is 2.32. The van der Waals surface area contributed by atoms with Gasteiger partial charge in [0.1, 0.15) is 0 Å². The van der Waals surface area contributed by atoms with Crippen LogP contribution in [0.1, 0.15) is 33.1 Å². The van der Waals surface area contributed by atoms with Crippen LogP contribution >= 0.6 is 0 Å². The molecule has 0 saturated carbocycles. The highest BCUT2D eigenvalue weighted by atomic mass is 16.5. The summed E-state index contributed by atoms with van der Waals surface area (Å²) in [6.45, 7) is 8.54. The molecule has 0 amide bonds. The van der Waals surface area contributed by atoms with E-state index in [2.05, 4.69) is 10.2 Å².